The van der Waals surface area contributed by atoms with Crippen LogP contribution >= 0.6 is 0 Å². The molecule has 1 fully saturated rings. The minimum atomic E-state index is -5.58. The molecule has 0 aromatic rings. The van der Waals surface area contributed by atoms with Crippen LogP contribution in [-0.4, -0.2) is 49.2 Å². The van der Waals surface area contributed by atoms with Gasteiger partial charge in [-0.3, -0.25) is 9.11 Å². The summed E-state index contributed by atoms with van der Waals surface area (Å²) >= 11 is 0. The summed E-state index contributed by atoms with van der Waals surface area (Å²) in [6.45, 7) is 0. The highest BCUT2D eigenvalue weighted by molar-refractivity contribution is 8.11. The van der Waals surface area contributed by atoms with E-state index >= 15 is 0 Å². The van der Waals surface area contributed by atoms with Crippen LogP contribution in [0.2, 0.25) is 0 Å². The van der Waals surface area contributed by atoms with E-state index in [0.717, 1.165) is 0 Å². The van der Waals surface area contributed by atoms with Gasteiger partial charge in [-0.2, -0.15) is 25.3 Å². The van der Waals surface area contributed by atoms with Crippen molar-refractivity contribution in [1.82, 2.24) is 0 Å². The van der Waals surface area contributed by atoms with E-state index in [2.05, 4.69) is 4.18 Å². The second kappa shape index (κ2) is 2.88. The summed E-state index contributed by atoms with van der Waals surface area (Å²) in [5.41, 5.74) is -3.34. The van der Waals surface area contributed by atoms with E-state index in [9.17, 15) is 25.3 Å². The van der Waals surface area contributed by atoms with Gasteiger partial charge in [0.15, 0.2) is 0 Å². The van der Waals surface area contributed by atoms with Crippen LogP contribution in [0.4, 0.5) is 0 Å². The van der Waals surface area contributed by atoms with Gasteiger partial charge in [0.2, 0.25) is 5.44 Å². The second-order valence-electron chi connectivity index (χ2n) is 2.48. The van der Waals surface area contributed by atoms with Crippen molar-refractivity contribution in [3.8, 4) is 0 Å². The van der Waals surface area contributed by atoms with Gasteiger partial charge >= 0.3 is 24.5 Å². The SMILES string of the molecule is O=S(=O)(O)C(O)C1(S(=O)(=O)O)OS1(=O)=O. The Morgan fingerprint density at radius 2 is 1.47 bits per heavy atom. The van der Waals surface area contributed by atoms with Gasteiger partial charge in [-0.1, -0.05) is 0 Å². The van der Waals surface area contributed by atoms with Crippen molar-refractivity contribution in [3.63, 3.8) is 0 Å². The van der Waals surface area contributed by atoms with Crippen LogP contribution in [-0.2, 0) is 34.5 Å². The lowest BCUT2D eigenvalue weighted by Gasteiger charge is -2.09. The van der Waals surface area contributed by atoms with E-state index in [1.54, 1.807) is 0 Å². The van der Waals surface area contributed by atoms with Crippen LogP contribution in [0.15, 0.2) is 0 Å². The molecule has 1 aliphatic heterocycles. The minimum absolute atomic E-state index is 3.34. The van der Waals surface area contributed by atoms with Crippen molar-refractivity contribution in [2.45, 2.75) is 9.70 Å². The Kier molecular flexibility index (Phi) is 2.45. The average molecular weight is 284 g/mol. The first-order valence-electron chi connectivity index (χ1n) is 2.93. The van der Waals surface area contributed by atoms with Crippen LogP contribution in [0.5, 0.6) is 0 Å². The highest BCUT2D eigenvalue weighted by Crippen LogP contribution is 2.47. The molecule has 2 atom stereocenters. The Labute approximate surface area is 84.1 Å². The Morgan fingerprint density at radius 1 is 1.13 bits per heavy atom. The van der Waals surface area contributed by atoms with Gasteiger partial charge in [0.25, 0.3) is 10.1 Å². The molecule has 1 rings (SSSR count). The molecule has 0 aromatic carbocycles. The molecule has 1 aliphatic rings. The van der Waals surface area contributed by atoms with E-state index in [1.165, 1.54) is 0 Å². The normalized spacial score (nSPS) is 32.2. The maximum atomic E-state index is 10.6. The van der Waals surface area contributed by atoms with Crippen molar-refractivity contribution in [2.24, 2.45) is 0 Å². The molecule has 15 heavy (non-hydrogen) atoms. The molecule has 0 amide bonds. The Bertz CT molecular complexity index is 577. The molecule has 0 radical (unpaired) electrons. The van der Waals surface area contributed by atoms with E-state index in [0.29, 0.717) is 0 Å². The smallest absolute Gasteiger partial charge is 0.371 e. The van der Waals surface area contributed by atoms with Crippen molar-refractivity contribution in [1.29, 1.82) is 0 Å². The van der Waals surface area contributed by atoms with Crippen molar-refractivity contribution in [2.75, 3.05) is 0 Å². The summed E-state index contributed by atoms with van der Waals surface area (Å²) < 4.78 is 79.4. The van der Waals surface area contributed by atoms with E-state index < -0.39 is 40.1 Å². The third-order valence-corrected chi connectivity index (χ3v) is 6.40. The van der Waals surface area contributed by atoms with Crippen molar-refractivity contribution in [3.05, 3.63) is 0 Å². The first kappa shape index (κ1) is 12.8. The quantitative estimate of drug-likeness (QED) is 0.359. The summed E-state index contributed by atoms with van der Waals surface area (Å²) in [6, 6.07) is 0. The van der Waals surface area contributed by atoms with Crippen LogP contribution in [0, 0.1) is 0 Å². The van der Waals surface area contributed by atoms with Gasteiger partial charge in [0.1, 0.15) is 0 Å². The lowest BCUT2D eigenvalue weighted by molar-refractivity contribution is 0.163. The van der Waals surface area contributed by atoms with Crippen molar-refractivity contribution < 1.29 is 43.6 Å². The predicted octanol–water partition coefficient (Wildman–Crippen LogP) is -2.91. The summed E-state index contributed by atoms with van der Waals surface area (Å²) in [5, 5.41) is 8.77. The molecule has 0 aromatic heterocycles. The second-order valence-corrected chi connectivity index (χ2v) is 7.46. The molecule has 1 saturated heterocycles. The zero-order valence-electron chi connectivity index (χ0n) is 6.50. The van der Waals surface area contributed by atoms with Gasteiger partial charge in [-0.25, -0.2) is 4.18 Å². The van der Waals surface area contributed by atoms with Crippen molar-refractivity contribution >= 4 is 30.4 Å². The van der Waals surface area contributed by atoms with Crippen LogP contribution in [0.1, 0.15) is 0 Å². The molecule has 3 N–H and O–H groups in total. The largest absolute Gasteiger partial charge is 0.378 e. The first-order valence-corrected chi connectivity index (χ1v) is 7.28. The third kappa shape index (κ3) is 1.65. The Morgan fingerprint density at radius 3 is 1.53 bits per heavy atom. The van der Waals surface area contributed by atoms with Gasteiger partial charge in [-0.05, 0) is 0 Å². The van der Waals surface area contributed by atoms with E-state index in [-0.39, 0.29) is 0 Å². The topological polar surface area (TPSA) is 176 Å². The molecule has 0 spiro atoms. The molecule has 0 bridgehead atoms. The fourth-order valence-electron chi connectivity index (χ4n) is 0.782. The monoisotopic (exact) mass is 284 g/mol. The fraction of sp³-hybridized carbons (Fsp3) is 1.00. The number of hydrogen-bond acceptors (Lipinski definition) is 8. The third-order valence-electron chi connectivity index (χ3n) is 1.49. The van der Waals surface area contributed by atoms with Gasteiger partial charge in [0.05, 0.1) is 0 Å². The standard InChI is InChI=1S/C2H4O10S3/c3-1(13(4,5)6)2(14(7,8)9)12-15(2,10)11/h1,3H,(H,4,5,6)(H,7,8,9). The molecule has 0 saturated carbocycles. The van der Waals surface area contributed by atoms with Crippen LogP contribution in [0.25, 0.3) is 0 Å². The molecule has 1 heterocycles. The number of rotatable bonds is 3. The maximum absolute atomic E-state index is 10.6. The highest BCUT2D eigenvalue weighted by atomic mass is 32.3. The zero-order valence-corrected chi connectivity index (χ0v) is 8.95. The van der Waals surface area contributed by atoms with Gasteiger partial charge in [0, 0.05) is 0 Å². The summed E-state index contributed by atoms with van der Waals surface area (Å²) in [6.07, 6.45) is 0. The maximum Gasteiger partial charge on any atom is 0.378 e. The molecule has 90 valence electrons. The average Bonchev–Trinajstić information content (AvgIpc) is 2.50. The lowest BCUT2D eigenvalue weighted by Crippen LogP contribution is -2.43. The molecule has 13 heteroatoms. The number of aliphatic hydroxyl groups excluding tert-OH is 1. The zero-order chi connectivity index (χ0) is 12.3. The lowest BCUT2D eigenvalue weighted by atomic mass is 10.8. The van der Waals surface area contributed by atoms with Gasteiger partial charge < -0.3 is 5.11 Å². The Hall–Kier alpha value is -0.310. The first-order chi connectivity index (χ1) is 6.36. The molecular weight excluding hydrogens is 280 g/mol. The number of aliphatic hydroxyl groups is 1. The number of hydrogen-bond donors (Lipinski definition) is 3. The fourth-order valence-corrected chi connectivity index (χ4v) is 5.38. The molecule has 0 aliphatic carbocycles. The highest BCUT2D eigenvalue weighted by Gasteiger charge is 2.81. The van der Waals surface area contributed by atoms with Crippen LogP contribution in [0.3, 0.4) is 0 Å². The predicted molar refractivity (Wildman–Crippen MR) is 41.8 cm³/mol. The summed E-state index contributed by atoms with van der Waals surface area (Å²) in [4.78, 5) is 0. The summed E-state index contributed by atoms with van der Waals surface area (Å²) in [5.74, 6) is 0. The van der Waals surface area contributed by atoms with Crippen LogP contribution < -0.4 is 0 Å². The van der Waals surface area contributed by atoms with Gasteiger partial charge in [-0.15, -0.1) is 0 Å². The Balaban J connectivity index is 3.47. The van der Waals surface area contributed by atoms with E-state index in [4.69, 9.17) is 14.2 Å². The minimum Gasteiger partial charge on any atom is -0.371 e. The van der Waals surface area contributed by atoms with E-state index in [1.807, 2.05) is 0 Å². The molecule has 10 nitrogen and oxygen atoms in total. The molecule has 2 unspecified atom stereocenters. The molecular formula is C2H4O10S3. The summed E-state index contributed by atoms with van der Waals surface area (Å²) in [7, 11) is -16.0.